The average molecular weight is 414 g/mol. The van der Waals surface area contributed by atoms with Crippen molar-refractivity contribution in [1.29, 1.82) is 0 Å². The smallest absolute Gasteiger partial charge is 0.410 e. The van der Waals surface area contributed by atoms with Crippen LogP contribution in [0.5, 0.6) is 0 Å². The molecule has 1 amide bonds. The van der Waals surface area contributed by atoms with Gasteiger partial charge < -0.3 is 14.7 Å². The molecule has 30 heavy (non-hydrogen) atoms. The number of aliphatic carboxylic acids is 1. The van der Waals surface area contributed by atoms with Crippen LogP contribution < -0.4 is 0 Å². The van der Waals surface area contributed by atoms with Crippen molar-refractivity contribution < 1.29 is 19.4 Å². The summed E-state index contributed by atoms with van der Waals surface area (Å²) in [5.74, 6) is -0.299. The molecule has 0 saturated carbocycles. The molecule has 0 unspecified atom stereocenters. The molecular formula is C23H31N3O4. The number of amides is 1. The first kappa shape index (κ1) is 21.9. The summed E-state index contributed by atoms with van der Waals surface area (Å²) in [4.78, 5) is 24.7. The molecule has 2 aromatic rings. The Bertz CT molecular complexity index is 859. The van der Waals surface area contributed by atoms with Gasteiger partial charge in [0.25, 0.3) is 0 Å². The van der Waals surface area contributed by atoms with Crippen LogP contribution in [0.15, 0.2) is 36.7 Å². The number of hydrogen-bond acceptors (Lipinski definition) is 4. The quantitative estimate of drug-likeness (QED) is 0.767. The molecule has 1 aliphatic rings. The summed E-state index contributed by atoms with van der Waals surface area (Å²) in [6.45, 7) is 7.92. The van der Waals surface area contributed by atoms with E-state index in [0.717, 1.165) is 36.1 Å². The first-order valence-electron chi connectivity index (χ1n) is 10.5. The molecule has 0 spiro atoms. The van der Waals surface area contributed by atoms with Crippen molar-refractivity contribution in [3.8, 4) is 11.1 Å². The van der Waals surface area contributed by atoms with Gasteiger partial charge in [-0.05, 0) is 57.1 Å². The largest absolute Gasteiger partial charge is 0.481 e. The van der Waals surface area contributed by atoms with Crippen LogP contribution in [0.1, 0.15) is 45.6 Å². The number of nitrogens with zero attached hydrogens (tertiary/aromatic N) is 3. The number of carbonyl (C=O) groups is 2. The lowest BCUT2D eigenvalue weighted by Gasteiger charge is -2.33. The predicted octanol–water partition coefficient (Wildman–Crippen LogP) is 4.21. The Morgan fingerprint density at radius 3 is 2.40 bits per heavy atom. The summed E-state index contributed by atoms with van der Waals surface area (Å²) in [5.41, 5.74) is 2.67. The van der Waals surface area contributed by atoms with E-state index in [4.69, 9.17) is 9.84 Å². The minimum absolute atomic E-state index is 0.143. The number of rotatable bonds is 6. The van der Waals surface area contributed by atoms with E-state index in [9.17, 15) is 9.59 Å². The Morgan fingerprint density at radius 2 is 1.80 bits per heavy atom. The van der Waals surface area contributed by atoms with Crippen LogP contribution in [0.3, 0.4) is 0 Å². The number of hydrogen-bond donors (Lipinski definition) is 1. The Balaban J connectivity index is 1.50. The van der Waals surface area contributed by atoms with Gasteiger partial charge in [0, 0.05) is 37.8 Å². The number of piperidine rings is 1. The van der Waals surface area contributed by atoms with Crippen LogP contribution in [0.2, 0.25) is 0 Å². The SMILES string of the molecule is CC(C)(C)OC(=O)N1CCC(Cn2cc(-c3ccc(CCC(=O)O)cc3)cn2)CC1. The van der Waals surface area contributed by atoms with Crippen molar-refractivity contribution in [2.75, 3.05) is 13.1 Å². The molecule has 1 fully saturated rings. The van der Waals surface area contributed by atoms with Crippen LogP contribution in [0.4, 0.5) is 4.79 Å². The monoisotopic (exact) mass is 413 g/mol. The summed E-state index contributed by atoms with van der Waals surface area (Å²) >= 11 is 0. The van der Waals surface area contributed by atoms with Crippen molar-refractivity contribution in [3.05, 3.63) is 42.2 Å². The lowest BCUT2D eigenvalue weighted by atomic mass is 9.97. The summed E-state index contributed by atoms with van der Waals surface area (Å²) in [7, 11) is 0. The second kappa shape index (κ2) is 9.32. The average Bonchev–Trinajstić information content (AvgIpc) is 3.14. The summed E-state index contributed by atoms with van der Waals surface area (Å²) < 4.78 is 7.43. The summed E-state index contributed by atoms with van der Waals surface area (Å²) in [6.07, 6.45) is 6.24. The van der Waals surface area contributed by atoms with E-state index in [1.807, 2.05) is 62.1 Å². The number of carboxylic acid groups (broad SMARTS) is 1. The molecule has 0 atom stereocenters. The molecule has 7 nitrogen and oxygen atoms in total. The molecule has 1 N–H and O–H groups in total. The van der Waals surface area contributed by atoms with Gasteiger partial charge in [0.05, 0.1) is 6.20 Å². The first-order valence-corrected chi connectivity index (χ1v) is 10.5. The Hall–Kier alpha value is -2.83. The van der Waals surface area contributed by atoms with Crippen molar-refractivity contribution in [2.24, 2.45) is 5.92 Å². The second-order valence-electron chi connectivity index (χ2n) is 8.95. The van der Waals surface area contributed by atoms with Crippen LogP contribution in [-0.4, -0.2) is 50.5 Å². The molecule has 0 radical (unpaired) electrons. The Kier molecular flexibility index (Phi) is 6.80. The normalized spacial score (nSPS) is 15.2. The minimum atomic E-state index is -0.780. The summed E-state index contributed by atoms with van der Waals surface area (Å²) in [6, 6.07) is 7.97. The van der Waals surface area contributed by atoms with Gasteiger partial charge >= 0.3 is 12.1 Å². The van der Waals surface area contributed by atoms with E-state index in [0.29, 0.717) is 25.4 Å². The van der Waals surface area contributed by atoms with Crippen molar-refractivity contribution in [1.82, 2.24) is 14.7 Å². The van der Waals surface area contributed by atoms with E-state index < -0.39 is 11.6 Å². The van der Waals surface area contributed by atoms with Crippen LogP contribution in [-0.2, 0) is 22.5 Å². The maximum Gasteiger partial charge on any atom is 0.410 e. The zero-order valence-electron chi connectivity index (χ0n) is 18.0. The highest BCUT2D eigenvalue weighted by Crippen LogP contribution is 2.23. The van der Waals surface area contributed by atoms with Gasteiger partial charge in [0.15, 0.2) is 0 Å². The van der Waals surface area contributed by atoms with Gasteiger partial charge in [0.1, 0.15) is 5.60 Å². The molecule has 7 heteroatoms. The van der Waals surface area contributed by atoms with Gasteiger partial charge in [-0.1, -0.05) is 24.3 Å². The van der Waals surface area contributed by atoms with E-state index in [1.54, 1.807) is 4.90 Å². The van der Waals surface area contributed by atoms with E-state index in [1.165, 1.54) is 0 Å². The fraction of sp³-hybridized carbons (Fsp3) is 0.522. The van der Waals surface area contributed by atoms with Crippen molar-refractivity contribution in [2.45, 2.75) is 58.6 Å². The third-order valence-electron chi connectivity index (χ3n) is 5.26. The molecule has 1 aromatic heterocycles. The number of ether oxygens (including phenoxy) is 1. The van der Waals surface area contributed by atoms with Gasteiger partial charge in [-0.25, -0.2) is 4.79 Å². The lowest BCUT2D eigenvalue weighted by molar-refractivity contribution is -0.136. The fourth-order valence-electron chi connectivity index (χ4n) is 3.62. The third-order valence-corrected chi connectivity index (χ3v) is 5.26. The standard InChI is InChI=1S/C23H31N3O4/c1-23(2,3)30-22(29)25-12-10-18(11-13-25)15-26-16-20(14-24-26)19-7-4-17(5-8-19)6-9-21(27)28/h4-5,7-8,14,16,18H,6,9-13,15H2,1-3H3,(H,27,28). The third kappa shape index (κ3) is 6.34. The number of carbonyl (C=O) groups excluding carboxylic acids is 1. The highest BCUT2D eigenvalue weighted by atomic mass is 16.6. The summed E-state index contributed by atoms with van der Waals surface area (Å²) in [5, 5.41) is 13.3. The van der Waals surface area contributed by atoms with E-state index in [-0.39, 0.29) is 12.5 Å². The van der Waals surface area contributed by atoms with Gasteiger partial charge in [-0.15, -0.1) is 0 Å². The number of aromatic nitrogens is 2. The Labute approximate surface area is 177 Å². The topological polar surface area (TPSA) is 84.7 Å². The second-order valence-corrected chi connectivity index (χ2v) is 8.95. The number of carboxylic acids is 1. The van der Waals surface area contributed by atoms with Crippen LogP contribution >= 0.6 is 0 Å². The first-order chi connectivity index (χ1) is 14.2. The number of aryl methyl sites for hydroxylation is 1. The fourth-order valence-corrected chi connectivity index (χ4v) is 3.62. The zero-order chi connectivity index (χ0) is 21.7. The molecule has 1 aliphatic heterocycles. The molecule has 0 aliphatic carbocycles. The molecule has 2 heterocycles. The predicted molar refractivity (Wildman–Crippen MR) is 114 cm³/mol. The molecule has 3 rings (SSSR count). The van der Waals surface area contributed by atoms with Gasteiger partial charge in [0.2, 0.25) is 0 Å². The van der Waals surface area contributed by atoms with E-state index in [2.05, 4.69) is 5.10 Å². The number of likely N-dealkylation sites (tertiary alicyclic amines) is 1. The Morgan fingerprint density at radius 1 is 1.13 bits per heavy atom. The zero-order valence-corrected chi connectivity index (χ0v) is 18.0. The maximum absolute atomic E-state index is 12.2. The highest BCUT2D eigenvalue weighted by Gasteiger charge is 2.27. The minimum Gasteiger partial charge on any atom is -0.481 e. The maximum atomic E-state index is 12.2. The highest BCUT2D eigenvalue weighted by molar-refractivity contribution is 5.68. The molecular weight excluding hydrogens is 382 g/mol. The number of benzene rings is 1. The van der Waals surface area contributed by atoms with Gasteiger partial charge in [-0.3, -0.25) is 9.48 Å². The molecule has 0 bridgehead atoms. The van der Waals surface area contributed by atoms with Crippen LogP contribution in [0, 0.1) is 5.92 Å². The van der Waals surface area contributed by atoms with Gasteiger partial charge in [-0.2, -0.15) is 5.10 Å². The van der Waals surface area contributed by atoms with Crippen molar-refractivity contribution >= 4 is 12.1 Å². The molecule has 162 valence electrons. The lowest BCUT2D eigenvalue weighted by Crippen LogP contribution is -2.42. The van der Waals surface area contributed by atoms with E-state index >= 15 is 0 Å². The molecule has 1 saturated heterocycles. The molecule has 1 aromatic carbocycles. The van der Waals surface area contributed by atoms with Crippen molar-refractivity contribution in [3.63, 3.8) is 0 Å². The van der Waals surface area contributed by atoms with Crippen LogP contribution in [0.25, 0.3) is 11.1 Å².